The maximum atomic E-state index is 14.0. The topological polar surface area (TPSA) is 67.2 Å². The number of aryl methyl sites for hydroxylation is 2. The number of hydrogen-bond acceptors (Lipinski definition) is 3. The van der Waals surface area contributed by atoms with Gasteiger partial charge in [0.15, 0.2) is 5.82 Å². The van der Waals surface area contributed by atoms with Gasteiger partial charge in [-0.15, -0.1) is 0 Å². The number of hydrogen-bond donors (Lipinski definition) is 2. The van der Waals surface area contributed by atoms with Crippen LogP contribution in [-0.4, -0.2) is 20.9 Å². The number of carbonyl (C=O) groups is 1. The molecule has 2 rings (SSSR count). The van der Waals surface area contributed by atoms with Crippen molar-refractivity contribution >= 4 is 33.3 Å². The second-order valence-electron chi connectivity index (χ2n) is 4.02. The number of anilines is 2. The maximum Gasteiger partial charge on any atom is 0.336 e. The van der Waals surface area contributed by atoms with Gasteiger partial charge in [-0.1, -0.05) is 0 Å². The summed E-state index contributed by atoms with van der Waals surface area (Å²) in [6.07, 6.45) is 1.72. The summed E-state index contributed by atoms with van der Waals surface area (Å²) >= 11 is 2.95. The van der Waals surface area contributed by atoms with Crippen molar-refractivity contribution in [2.75, 3.05) is 5.32 Å². The lowest BCUT2D eigenvalue weighted by molar-refractivity contribution is 0.0695. The molecule has 0 aliphatic rings. The molecule has 7 heteroatoms. The Morgan fingerprint density at radius 3 is 2.68 bits per heavy atom. The minimum absolute atomic E-state index is 0.0773. The average molecular weight is 328 g/mol. The van der Waals surface area contributed by atoms with Crippen LogP contribution in [0.2, 0.25) is 0 Å². The SMILES string of the molecule is Cc1nn(C)cc1Nc1ccc(C(=O)O)c(Br)c1F. The molecule has 0 amide bonds. The molecule has 0 unspecified atom stereocenters. The van der Waals surface area contributed by atoms with Gasteiger partial charge in [0, 0.05) is 13.2 Å². The zero-order chi connectivity index (χ0) is 14.2. The molecule has 0 aliphatic carbocycles. The summed E-state index contributed by atoms with van der Waals surface area (Å²) in [5.74, 6) is -1.84. The summed E-state index contributed by atoms with van der Waals surface area (Å²) in [5, 5.41) is 15.9. The molecule has 0 saturated heterocycles. The summed E-state index contributed by atoms with van der Waals surface area (Å²) in [5.41, 5.74) is 1.45. The van der Waals surface area contributed by atoms with E-state index in [0.29, 0.717) is 5.69 Å². The predicted molar refractivity (Wildman–Crippen MR) is 72.3 cm³/mol. The lowest BCUT2D eigenvalue weighted by atomic mass is 10.2. The molecule has 0 saturated carbocycles. The van der Waals surface area contributed by atoms with Crippen LogP contribution in [0.25, 0.3) is 0 Å². The minimum Gasteiger partial charge on any atom is -0.478 e. The first-order valence-corrected chi connectivity index (χ1v) is 6.18. The van der Waals surface area contributed by atoms with Gasteiger partial charge in [-0.3, -0.25) is 4.68 Å². The Hall–Kier alpha value is -1.89. The van der Waals surface area contributed by atoms with Crippen molar-refractivity contribution in [3.8, 4) is 0 Å². The number of rotatable bonds is 3. The zero-order valence-corrected chi connectivity index (χ0v) is 11.8. The second kappa shape index (κ2) is 5.00. The standard InChI is InChI=1S/C12H11BrFN3O2/c1-6-9(5-17(2)16-6)15-8-4-3-7(12(18)19)10(13)11(8)14/h3-5,15H,1-2H3,(H,18,19). The van der Waals surface area contributed by atoms with Crippen LogP contribution >= 0.6 is 15.9 Å². The third kappa shape index (κ3) is 2.60. The second-order valence-corrected chi connectivity index (χ2v) is 4.81. The molecule has 0 spiro atoms. The van der Waals surface area contributed by atoms with E-state index in [4.69, 9.17) is 5.11 Å². The molecule has 0 atom stereocenters. The number of nitrogens with one attached hydrogen (secondary N) is 1. The van der Waals surface area contributed by atoms with Crippen LogP contribution in [0.5, 0.6) is 0 Å². The molecule has 0 fully saturated rings. The molecule has 5 nitrogen and oxygen atoms in total. The Kier molecular flexibility index (Phi) is 3.57. The van der Waals surface area contributed by atoms with Crippen molar-refractivity contribution in [1.82, 2.24) is 9.78 Å². The van der Waals surface area contributed by atoms with E-state index >= 15 is 0 Å². The van der Waals surface area contributed by atoms with E-state index in [1.165, 1.54) is 12.1 Å². The summed E-state index contributed by atoms with van der Waals surface area (Å²) in [6.45, 7) is 1.79. The summed E-state index contributed by atoms with van der Waals surface area (Å²) < 4.78 is 15.6. The van der Waals surface area contributed by atoms with Gasteiger partial charge in [-0.25, -0.2) is 9.18 Å². The summed E-state index contributed by atoms with van der Waals surface area (Å²) in [4.78, 5) is 10.9. The van der Waals surface area contributed by atoms with E-state index in [0.717, 1.165) is 5.69 Å². The molecule has 0 bridgehead atoms. The Morgan fingerprint density at radius 1 is 1.47 bits per heavy atom. The molecule has 2 N–H and O–H groups in total. The van der Waals surface area contributed by atoms with Gasteiger partial charge < -0.3 is 10.4 Å². The number of aromatic nitrogens is 2. The van der Waals surface area contributed by atoms with Crippen molar-refractivity contribution in [2.24, 2.45) is 7.05 Å². The monoisotopic (exact) mass is 327 g/mol. The summed E-state index contributed by atoms with van der Waals surface area (Å²) in [6, 6.07) is 2.72. The largest absolute Gasteiger partial charge is 0.478 e. The molecule has 0 radical (unpaired) electrons. The van der Waals surface area contributed by atoms with Crippen molar-refractivity contribution < 1.29 is 14.3 Å². The fourth-order valence-electron chi connectivity index (χ4n) is 1.68. The molecule has 2 aromatic rings. The van der Waals surface area contributed by atoms with Gasteiger partial charge in [0.2, 0.25) is 0 Å². The molecule has 1 heterocycles. The van der Waals surface area contributed by atoms with Crippen molar-refractivity contribution in [1.29, 1.82) is 0 Å². The molecule has 1 aromatic carbocycles. The highest BCUT2D eigenvalue weighted by Gasteiger charge is 2.16. The predicted octanol–water partition coefficient (Wildman–Crippen LogP) is 3.07. The first-order chi connectivity index (χ1) is 8.90. The lowest BCUT2D eigenvalue weighted by Gasteiger charge is -2.09. The molecular weight excluding hydrogens is 317 g/mol. The average Bonchev–Trinajstić information content (AvgIpc) is 2.63. The van der Waals surface area contributed by atoms with Crippen LogP contribution < -0.4 is 5.32 Å². The van der Waals surface area contributed by atoms with Crippen LogP contribution in [0.1, 0.15) is 16.1 Å². The van der Waals surface area contributed by atoms with E-state index in [2.05, 4.69) is 26.3 Å². The zero-order valence-electron chi connectivity index (χ0n) is 10.2. The highest BCUT2D eigenvalue weighted by atomic mass is 79.9. The Morgan fingerprint density at radius 2 is 2.16 bits per heavy atom. The Bertz CT molecular complexity index is 655. The lowest BCUT2D eigenvalue weighted by Crippen LogP contribution is -2.02. The minimum atomic E-state index is -1.19. The number of benzene rings is 1. The first-order valence-electron chi connectivity index (χ1n) is 5.38. The highest BCUT2D eigenvalue weighted by Crippen LogP contribution is 2.29. The number of halogens is 2. The van der Waals surface area contributed by atoms with E-state index in [1.54, 1.807) is 24.9 Å². The summed E-state index contributed by atoms with van der Waals surface area (Å²) in [7, 11) is 1.76. The molecule has 0 aliphatic heterocycles. The quantitative estimate of drug-likeness (QED) is 0.909. The van der Waals surface area contributed by atoms with Crippen LogP contribution in [0.15, 0.2) is 22.8 Å². The molecular formula is C12H11BrFN3O2. The number of carboxylic acids is 1. The van der Waals surface area contributed by atoms with Crippen molar-refractivity contribution in [3.63, 3.8) is 0 Å². The van der Waals surface area contributed by atoms with Gasteiger partial charge in [-0.05, 0) is 35.0 Å². The highest BCUT2D eigenvalue weighted by molar-refractivity contribution is 9.10. The third-order valence-corrected chi connectivity index (χ3v) is 3.37. The third-order valence-electron chi connectivity index (χ3n) is 2.60. The number of nitrogens with zero attached hydrogens (tertiary/aromatic N) is 2. The fraction of sp³-hybridized carbons (Fsp3) is 0.167. The smallest absolute Gasteiger partial charge is 0.336 e. The van der Waals surface area contributed by atoms with E-state index in [1.807, 2.05) is 0 Å². The van der Waals surface area contributed by atoms with Crippen LogP contribution in [0, 0.1) is 12.7 Å². The first kappa shape index (κ1) is 13.5. The molecule has 1 aromatic heterocycles. The van der Waals surface area contributed by atoms with Gasteiger partial charge in [0.1, 0.15) is 0 Å². The fourth-order valence-corrected chi connectivity index (χ4v) is 2.19. The van der Waals surface area contributed by atoms with Crippen LogP contribution in [-0.2, 0) is 7.05 Å². The van der Waals surface area contributed by atoms with E-state index in [9.17, 15) is 9.18 Å². The van der Waals surface area contributed by atoms with Gasteiger partial charge >= 0.3 is 5.97 Å². The van der Waals surface area contributed by atoms with Crippen LogP contribution in [0.3, 0.4) is 0 Å². The van der Waals surface area contributed by atoms with Crippen molar-refractivity contribution in [2.45, 2.75) is 6.92 Å². The van der Waals surface area contributed by atoms with Gasteiger partial charge in [-0.2, -0.15) is 5.10 Å². The molecule has 19 heavy (non-hydrogen) atoms. The van der Waals surface area contributed by atoms with E-state index < -0.39 is 11.8 Å². The molecule has 100 valence electrons. The van der Waals surface area contributed by atoms with Crippen LogP contribution in [0.4, 0.5) is 15.8 Å². The van der Waals surface area contributed by atoms with Gasteiger partial charge in [0.05, 0.1) is 27.1 Å². The van der Waals surface area contributed by atoms with Gasteiger partial charge in [0.25, 0.3) is 0 Å². The maximum absolute atomic E-state index is 14.0. The number of carboxylic acid groups (broad SMARTS) is 1. The Balaban J connectivity index is 2.39. The van der Waals surface area contributed by atoms with E-state index in [-0.39, 0.29) is 15.7 Å². The van der Waals surface area contributed by atoms with Crippen molar-refractivity contribution in [3.05, 3.63) is 39.9 Å². The number of aromatic carboxylic acids is 1. The normalized spacial score (nSPS) is 10.5. The Labute approximate surface area is 117 Å².